The normalized spacial score (nSPS) is 15.6. The van der Waals surface area contributed by atoms with Crippen LogP contribution in [0, 0.1) is 11.3 Å². The summed E-state index contributed by atoms with van der Waals surface area (Å²) in [6.45, 7) is 2.40. The van der Waals surface area contributed by atoms with Crippen molar-refractivity contribution in [1.29, 1.82) is 5.26 Å². The predicted octanol–water partition coefficient (Wildman–Crippen LogP) is 2.25. The first-order chi connectivity index (χ1) is 8.74. The third-order valence-corrected chi connectivity index (χ3v) is 3.10. The van der Waals surface area contributed by atoms with Crippen LogP contribution >= 0.6 is 0 Å². The van der Waals surface area contributed by atoms with E-state index in [0.29, 0.717) is 18.1 Å². The molecule has 1 aliphatic rings. The molecule has 2 rings (SSSR count). The number of aromatic nitrogens is 1. The molecule has 1 aliphatic carbocycles. The maximum atomic E-state index is 9.16. The zero-order valence-electron chi connectivity index (χ0n) is 10.9. The van der Waals surface area contributed by atoms with Crippen molar-refractivity contribution < 1.29 is 9.47 Å². The highest BCUT2D eigenvalue weighted by Gasteiger charge is 2.17. The van der Waals surface area contributed by atoms with Crippen molar-refractivity contribution >= 4 is 0 Å². The summed E-state index contributed by atoms with van der Waals surface area (Å²) in [6.07, 6.45) is 4.25. The standard InChI is InChI=1S/C14H18N2O2/c1-10(9-17-2)18-14-12(8-15)7-11-5-3-4-6-13(11)16-14/h7,10H,3-6,9H2,1-2H3. The highest BCUT2D eigenvalue weighted by atomic mass is 16.5. The SMILES string of the molecule is COCC(C)Oc1nc2c(cc1C#N)CCCC2. The average molecular weight is 246 g/mol. The maximum absolute atomic E-state index is 9.16. The van der Waals surface area contributed by atoms with E-state index in [9.17, 15) is 0 Å². The Kier molecular flexibility index (Phi) is 4.16. The number of fused-ring (bicyclic) bond motifs is 1. The molecule has 0 radical (unpaired) electrons. The van der Waals surface area contributed by atoms with Crippen molar-refractivity contribution in [1.82, 2.24) is 4.98 Å². The number of nitriles is 1. The molecule has 1 unspecified atom stereocenters. The Labute approximate surface area is 108 Å². The van der Waals surface area contributed by atoms with E-state index in [1.807, 2.05) is 13.0 Å². The second kappa shape index (κ2) is 5.83. The van der Waals surface area contributed by atoms with Crippen molar-refractivity contribution in [2.24, 2.45) is 0 Å². The van der Waals surface area contributed by atoms with Crippen molar-refractivity contribution in [2.75, 3.05) is 13.7 Å². The average Bonchev–Trinajstić information content (AvgIpc) is 2.38. The monoisotopic (exact) mass is 246 g/mol. The van der Waals surface area contributed by atoms with Crippen LogP contribution < -0.4 is 4.74 Å². The summed E-state index contributed by atoms with van der Waals surface area (Å²) in [4.78, 5) is 4.51. The van der Waals surface area contributed by atoms with Gasteiger partial charge in [-0.25, -0.2) is 4.98 Å². The molecule has 1 aromatic heterocycles. The third kappa shape index (κ3) is 2.80. The molecule has 96 valence electrons. The van der Waals surface area contributed by atoms with Gasteiger partial charge in [0.05, 0.1) is 6.61 Å². The number of ether oxygens (including phenoxy) is 2. The van der Waals surface area contributed by atoms with Crippen LogP contribution in [0.3, 0.4) is 0 Å². The van der Waals surface area contributed by atoms with Crippen LogP contribution in [0.1, 0.15) is 36.6 Å². The quantitative estimate of drug-likeness (QED) is 0.817. The minimum Gasteiger partial charge on any atom is -0.471 e. The molecule has 0 N–H and O–H groups in total. The van der Waals surface area contributed by atoms with Gasteiger partial charge in [0, 0.05) is 12.8 Å². The molecule has 0 amide bonds. The van der Waals surface area contributed by atoms with Crippen LogP contribution in [-0.2, 0) is 17.6 Å². The Morgan fingerprint density at radius 1 is 1.44 bits per heavy atom. The number of methoxy groups -OCH3 is 1. The summed E-state index contributed by atoms with van der Waals surface area (Å²) in [5.41, 5.74) is 2.81. The van der Waals surface area contributed by atoms with E-state index in [1.54, 1.807) is 7.11 Å². The van der Waals surface area contributed by atoms with E-state index >= 15 is 0 Å². The Bertz CT molecular complexity index is 466. The molecule has 0 saturated heterocycles. The van der Waals surface area contributed by atoms with Crippen molar-refractivity contribution in [3.05, 3.63) is 22.9 Å². The summed E-state index contributed by atoms with van der Waals surface area (Å²) in [7, 11) is 1.63. The summed E-state index contributed by atoms with van der Waals surface area (Å²) in [5.74, 6) is 0.447. The smallest absolute Gasteiger partial charge is 0.232 e. The fourth-order valence-electron chi connectivity index (χ4n) is 2.24. The molecule has 0 bridgehead atoms. The van der Waals surface area contributed by atoms with Gasteiger partial charge < -0.3 is 9.47 Å². The molecule has 4 heteroatoms. The van der Waals surface area contributed by atoms with Crippen molar-refractivity contribution in [3.63, 3.8) is 0 Å². The second-order valence-electron chi connectivity index (χ2n) is 4.65. The Morgan fingerprint density at radius 3 is 2.94 bits per heavy atom. The van der Waals surface area contributed by atoms with Gasteiger partial charge in [-0.2, -0.15) is 5.26 Å². The summed E-state index contributed by atoms with van der Waals surface area (Å²) >= 11 is 0. The lowest BCUT2D eigenvalue weighted by molar-refractivity contribution is 0.0885. The summed E-state index contributed by atoms with van der Waals surface area (Å²) in [6, 6.07) is 4.09. The lowest BCUT2D eigenvalue weighted by Crippen LogP contribution is -2.20. The fourth-order valence-corrected chi connectivity index (χ4v) is 2.24. The number of aryl methyl sites for hydroxylation is 2. The van der Waals surface area contributed by atoms with Gasteiger partial charge in [-0.3, -0.25) is 0 Å². The fraction of sp³-hybridized carbons (Fsp3) is 0.571. The van der Waals surface area contributed by atoms with Gasteiger partial charge in [0.25, 0.3) is 0 Å². The lowest BCUT2D eigenvalue weighted by Gasteiger charge is -2.19. The summed E-state index contributed by atoms with van der Waals surface area (Å²) < 4.78 is 10.7. The molecule has 0 fully saturated rings. The zero-order valence-corrected chi connectivity index (χ0v) is 10.9. The molecule has 0 spiro atoms. The van der Waals surface area contributed by atoms with Crippen LogP contribution in [0.4, 0.5) is 0 Å². The topological polar surface area (TPSA) is 55.1 Å². The summed E-state index contributed by atoms with van der Waals surface area (Å²) in [5, 5.41) is 9.16. The van der Waals surface area contributed by atoms with Gasteiger partial charge in [0.2, 0.25) is 5.88 Å². The zero-order chi connectivity index (χ0) is 13.0. The van der Waals surface area contributed by atoms with Gasteiger partial charge in [-0.15, -0.1) is 0 Å². The number of rotatable bonds is 4. The van der Waals surface area contributed by atoms with Crippen LogP contribution in [0.15, 0.2) is 6.07 Å². The number of pyridine rings is 1. The van der Waals surface area contributed by atoms with Crippen LogP contribution in [0.2, 0.25) is 0 Å². The first-order valence-electron chi connectivity index (χ1n) is 6.33. The molecular weight excluding hydrogens is 228 g/mol. The van der Waals surface area contributed by atoms with E-state index in [4.69, 9.17) is 14.7 Å². The number of hydrogen-bond acceptors (Lipinski definition) is 4. The van der Waals surface area contributed by atoms with Gasteiger partial charge >= 0.3 is 0 Å². The van der Waals surface area contributed by atoms with Crippen molar-refractivity contribution in [3.8, 4) is 11.9 Å². The molecule has 1 atom stereocenters. The van der Waals surface area contributed by atoms with E-state index < -0.39 is 0 Å². The molecule has 0 aromatic carbocycles. The van der Waals surface area contributed by atoms with Crippen molar-refractivity contribution in [2.45, 2.75) is 38.7 Å². The first kappa shape index (κ1) is 12.8. The highest BCUT2D eigenvalue weighted by Crippen LogP contribution is 2.26. The largest absolute Gasteiger partial charge is 0.471 e. The minimum absolute atomic E-state index is 0.101. The van der Waals surface area contributed by atoms with E-state index in [1.165, 1.54) is 18.4 Å². The number of hydrogen-bond donors (Lipinski definition) is 0. The van der Waals surface area contributed by atoms with E-state index in [-0.39, 0.29) is 6.10 Å². The minimum atomic E-state index is -0.101. The molecule has 18 heavy (non-hydrogen) atoms. The van der Waals surface area contributed by atoms with Crippen LogP contribution in [0.5, 0.6) is 5.88 Å². The van der Waals surface area contributed by atoms with Gasteiger partial charge in [-0.1, -0.05) is 0 Å². The molecule has 1 heterocycles. The molecule has 4 nitrogen and oxygen atoms in total. The van der Waals surface area contributed by atoms with Crippen LogP contribution in [-0.4, -0.2) is 24.8 Å². The molecule has 0 saturated carbocycles. The Hall–Kier alpha value is -1.60. The lowest BCUT2D eigenvalue weighted by atomic mass is 9.95. The third-order valence-electron chi connectivity index (χ3n) is 3.10. The molecular formula is C14H18N2O2. The Balaban J connectivity index is 2.26. The molecule has 1 aromatic rings. The van der Waals surface area contributed by atoms with E-state index in [2.05, 4.69) is 11.1 Å². The first-order valence-corrected chi connectivity index (χ1v) is 6.33. The highest BCUT2D eigenvalue weighted by molar-refractivity contribution is 5.43. The van der Waals surface area contributed by atoms with E-state index in [0.717, 1.165) is 18.5 Å². The predicted molar refractivity (Wildman–Crippen MR) is 67.6 cm³/mol. The van der Waals surface area contributed by atoms with Gasteiger partial charge in [-0.05, 0) is 44.2 Å². The number of nitrogens with zero attached hydrogens (tertiary/aromatic N) is 2. The maximum Gasteiger partial charge on any atom is 0.232 e. The van der Waals surface area contributed by atoms with Crippen LogP contribution in [0.25, 0.3) is 0 Å². The van der Waals surface area contributed by atoms with Gasteiger partial charge in [0.15, 0.2) is 0 Å². The van der Waals surface area contributed by atoms with Gasteiger partial charge in [0.1, 0.15) is 17.7 Å². The Morgan fingerprint density at radius 2 is 2.22 bits per heavy atom. The molecule has 0 aliphatic heterocycles. The second-order valence-corrected chi connectivity index (χ2v) is 4.65.